The minimum Gasteiger partial charge on any atom is -0.326 e. The molecule has 6 nitrogen and oxygen atoms in total. The zero-order valence-corrected chi connectivity index (χ0v) is 18.1. The number of rotatable bonds is 4. The van der Waals surface area contributed by atoms with Gasteiger partial charge in [-0.3, -0.25) is 14.5 Å². The molecule has 2 amide bonds. The normalized spacial score (nSPS) is 18.0. The Labute approximate surface area is 181 Å². The highest BCUT2D eigenvalue weighted by molar-refractivity contribution is 8.15. The van der Waals surface area contributed by atoms with Crippen molar-refractivity contribution in [3.63, 3.8) is 0 Å². The van der Waals surface area contributed by atoms with Gasteiger partial charge in [-0.25, -0.2) is 4.98 Å². The molecule has 29 heavy (non-hydrogen) atoms. The van der Waals surface area contributed by atoms with Crippen LogP contribution in [-0.2, 0) is 9.59 Å². The number of amides is 2. The number of fused-ring (bicyclic) bond motifs is 1. The monoisotopic (exact) mass is 444 g/mol. The molecule has 2 heterocycles. The number of thioether (sulfide) groups is 1. The highest BCUT2D eigenvalue weighted by Gasteiger charge is 2.37. The van der Waals surface area contributed by atoms with Crippen molar-refractivity contribution in [1.29, 1.82) is 0 Å². The number of para-hydroxylation sites is 1. The van der Waals surface area contributed by atoms with Crippen molar-refractivity contribution in [2.75, 3.05) is 12.4 Å². The van der Waals surface area contributed by atoms with Crippen molar-refractivity contribution in [1.82, 2.24) is 9.88 Å². The van der Waals surface area contributed by atoms with E-state index in [1.165, 1.54) is 28.0 Å². The van der Waals surface area contributed by atoms with Gasteiger partial charge in [-0.05, 0) is 36.8 Å². The molecular weight excluding hydrogens is 428 g/mol. The molecule has 0 bridgehead atoms. The van der Waals surface area contributed by atoms with Crippen molar-refractivity contribution in [3.05, 3.63) is 53.1 Å². The summed E-state index contributed by atoms with van der Waals surface area (Å²) in [7, 11) is 1.67. The second-order valence-electron chi connectivity index (χ2n) is 6.58. The summed E-state index contributed by atoms with van der Waals surface area (Å²) in [6.45, 7) is 1.89. The number of halogens is 1. The van der Waals surface area contributed by atoms with Crippen LogP contribution in [0.2, 0.25) is 5.02 Å². The van der Waals surface area contributed by atoms with E-state index in [9.17, 15) is 9.59 Å². The second-order valence-corrected chi connectivity index (χ2v) is 9.16. The van der Waals surface area contributed by atoms with E-state index in [1.807, 2.05) is 37.3 Å². The topological polar surface area (TPSA) is 74.7 Å². The lowest BCUT2D eigenvalue weighted by molar-refractivity contribution is -0.127. The molecule has 1 atom stereocenters. The van der Waals surface area contributed by atoms with Gasteiger partial charge in [-0.2, -0.15) is 4.99 Å². The lowest BCUT2D eigenvalue weighted by atomic mass is 10.2. The number of anilines is 1. The number of benzene rings is 2. The van der Waals surface area contributed by atoms with Crippen LogP contribution in [0.25, 0.3) is 10.2 Å². The molecule has 1 saturated heterocycles. The Morgan fingerprint density at radius 1 is 1.31 bits per heavy atom. The van der Waals surface area contributed by atoms with Crippen molar-refractivity contribution in [2.24, 2.45) is 4.99 Å². The maximum Gasteiger partial charge on any atom is 0.242 e. The maximum absolute atomic E-state index is 12.6. The highest BCUT2D eigenvalue weighted by Crippen LogP contribution is 2.34. The number of aliphatic imine (C=N–C) groups is 1. The molecule has 0 aliphatic carbocycles. The van der Waals surface area contributed by atoms with Crippen LogP contribution in [0.3, 0.4) is 0 Å². The van der Waals surface area contributed by atoms with Crippen LogP contribution in [0.15, 0.2) is 47.5 Å². The molecule has 0 saturated carbocycles. The Balaban J connectivity index is 1.45. The zero-order chi connectivity index (χ0) is 20.5. The summed E-state index contributed by atoms with van der Waals surface area (Å²) < 4.78 is 1.04. The minimum atomic E-state index is -0.519. The Hall–Kier alpha value is -2.42. The van der Waals surface area contributed by atoms with E-state index in [1.54, 1.807) is 19.2 Å². The molecule has 1 aromatic heterocycles. The van der Waals surface area contributed by atoms with E-state index in [0.29, 0.717) is 21.0 Å². The fraction of sp³-hybridized carbons (Fsp3) is 0.200. The van der Waals surface area contributed by atoms with Crippen LogP contribution in [0.5, 0.6) is 0 Å². The van der Waals surface area contributed by atoms with Gasteiger partial charge in [0.05, 0.1) is 10.2 Å². The third-order valence-electron chi connectivity index (χ3n) is 4.44. The third-order valence-corrected chi connectivity index (χ3v) is 7.01. The highest BCUT2D eigenvalue weighted by atomic mass is 35.5. The van der Waals surface area contributed by atoms with Gasteiger partial charge in [0.1, 0.15) is 5.25 Å². The SMILES string of the molecule is Cc1ccc(NC(=O)CC2SC(=Nc3nc4ccccc4s3)N(C)C2=O)cc1Cl. The van der Waals surface area contributed by atoms with Crippen molar-refractivity contribution < 1.29 is 9.59 Å². The summed E-state index contributed by atoms with van der Waals surface area (Å²) in [5.41, 5.74) is 2.42. The van der Waals surface area contributed by atoms with Crippen molar-refractivity contribution >= 4 is 72.7 Å². The first-order valence-corrected chi connectivity index (χ1v) is 10.9. The Bertz CT molecular complexity index is 1110. The number of nitrogens with zero attached hydrogens (tertiary/aromatic N) is 3. The van der Waals surface area contributed by atoms with E-state index in [2.05, 4.69) is 15.3 Å². The maximum atomic E-state index is 12.6. The number of nitrogens with one attached hydrogen (secondary N) is 1. The summed E-state index contributed by atoms with van der Waals surface area (Å²) in [6, 6.07) is 13.1. The molecular formula is C20H17ClN4O2S2. The molecule has 0 spiro atoms. The lowest BCUT2D eigenvalue weighted by Crippen LogP contribution is -2.30. The van der Waals surface area contributed by atoms with Crippen molar-refractivity contribution in [2.45, 2.75) is 18.6 Å². The minimum absolute atomic E-state index is 0.0538. The van der Waals surface area contributed by atoms with Gasteiger partial charge in [0.2, 0.25) is 16.9 Å². The number of aromatic nitrogens is 1. The molecule has 9 heteroatoms. The van der Waals surface area contributed by atoms with Crippen molar-refractivity contribution in [3.8, 4) is 0 Å². The van der Waals surface area contributed by atoms with Gasteiger partial charge < -0.3 is 5.32 Å². The Kier molecular flexibility index (Phi) is 5.58. The van der Waals surface area contributed by atoms with Crippen LogP contribution in [0, 0.1) is 6.92 Å². The number of hydrogen-bond donors (Lipinski definition) is 1. The summed E-state index contributed by atoms with van der Waals surface area (Å²) in [5.74, 6) is -0.391. The van der Waals surface area contributed by atoms with Crippen LogP contribution < -0.4 is 5.32 Å². The predicted octanol–water partition coefficient (Wildman–Crippen LogP) is 4.85. The molecule has 4 rings (SSSR count). The van der Waals surface area contributed by atoms with E-state index < -0.39 is 5.25 Å². The van der Waals surface area contributed by atoms with E-state index in [0.717, 1.165) is 15.8 Å². The summed E-state index contributed by atoms with van der Waals surface area (Å²) in [4.78, 5) is 35.5. The average molecular weight is 445 g/mol. The zero-order valence-electron chi connectivity index (χ0n) is 15.7. The van der Waals surface area contributed by atoms with Crippen LogP contribution in [0.1, 0.15) is 12.0 Å². The van der Waals surface area contributed by atoms with Gasteiger partial charge in [0, 0.05) is 24.2 Å². The molecule has 1 aliphatic rings. The number of carbonyl (C=O) groups excluding carboxylic acids is 2. The fourth-order valence-electron chi connectivity index (χ4n) is 2.84. The quantitative estimate of drug-likeness (QED) is 0.624. The first-order chi connectivity index (χ1) is 13.9. The number of carbonyl (C=O) groups is 2. The summed E-state index contributed by atoms with van der Waals surface area (Å²) in [6.07, 6.45) is 0.0538. The van der Waals surface area contributed by atoms with Gasteiger partial charge in [-0.1, -0.05) is 52.9 Å². The molecule has 2 aromatic carbocycles. The predicted molar refractivity (Wildman–Crippen MR) is 120 cm³/mol. The number of amidine groups is 1. The third kappa shape index (κ3) is 4.29. The molecule has 1 unspecified atom stereocenters. The van der Waals surface area contributed by atoms with Gasteiger partial charge in [0.15, 0.2) is 5.17 Å². The van der Waals surface area contributed by atoms with Gasteiger partial charge >= 0.3 is 0 Å². The number of thiazole rings is 1. The molecule has 1 fully saturated rings. The summed E-state index contributed by atoms with van der Waals surface area (Å²) >= 11 is 8.85. The number of aryl methyl sites for hydroxylation is 1. The van der Waals surface area contributed by atoms with Crippen LogP contribution in [0.4, 0.5) is 10.8 Å². The number of hydrogen-bond acceptors (Lipinski definition) is 6. The largest absolute Gasteiger partial charge is 0.326 e. The smallest absolute Gasteiger partial charge is 0.242 e. The fourth-order valence-corrected chi connectivity index (χ4v) is 5.05. The van der Waals surface area contributed by atoms with Crippen LogP contribution in [-0.4, -0.2) is 39.2 Å². The van der Waals surface area contributed by atoms with E-state index >= 15 is 0 Å². The first kappa shape index (κ1) is 19.9. The second kappa shape index (κ2) is 8.14. The molecule has 148 valence electrons. The van der Waals surface area contributed by atoms with Crippen LogP contribution >= 0.6 is 34.7 Å². The first-order valence-electron chi connectivity index (χ1n) is 8.85. The Morgan fingerprint density at radius 3 is 2.86 bits per heavy atom. The lowest BCUT2D eigenvalue weighted by Gasteiger charge is -2.10. The van der Waals surface area contributed by atoms with E-state index in [4.69, 9.17) is 11.6 Å². The van der Waals surface area contributed by atoms with E-state index in [-0.39, 0.29) is 18.2 Å². The Morgan fingerprint density at radius 2 is 2.10 bits per heavy atom. The molecule has 1 aliphatic heterocycles. The molecule has 1 N–H and O–H groups in total. The van der Waals surface area contributed by atoms with Gasteiger partial charge in [0.25, 0.3) is 0 Å². The average Bonchev–Trinajstić information content (AvgIpc) is 3.21. The molecule has 3 aromatic rings. The van der Waals surface area contributed by atoms with Gasteiger partial charge in [-0.15, -0.1) is 0 Å². The standard InChI is InChI=1S/C20H17ClN4O2S2/c1-11-7-8-12(9-13(11)21)22-17(26)10-16-18(27)25(2)20(29-16)24-19-23-14-5-3-4-6-15(14)28-19/h3-9,16H,10H2,1-2H3,(H,22,26). The molecule has 0 radical (unpaired) electrons. The summed E-state index contributed by atoms with van der Waals surface area (Å²) in [5, 5.41) is 4.00.